The Bertz CT molecular complexity index is 1380. The largest absolute Gasteiger partial charge is 0.396 e. The average Bonchev–Trinajstić information content (AvgIpc) is 3.86. The highest BCUT2D eigenvalue weighted by Crippen LogP contribution is 2.55. The number of ether oxygens (including phenoxy) is 8. The summed E-state index contributed by atoms with van der Waals surface area (Å²) in [7, 11) is -7.26. The summed E-state index contributed by atoms with van der Waals surface area (Å²) < 4.78 is 122. The Labute approximate surface area is 334 Å². The minimum Gasteiger partial charge on any atom is -0.396 e. The molecule has 4 rings (SSSR count). The number of hydrogen-bond acceptors (Lipinski definition) is 21. The third-order valence-electron chi connectivity index (χ3n) is 10.8. The molecule has 0 aromatic carbocycles. The lowest BCUT2D eigenvalue weighted by Crippen LogP contribution is -2.39. The monoisotopic (exact) mass is 888 g/mol. The van der Waals surface area contributed by atoms with Gasteiger partial charge in [-0.2, -0.15) is 0 Å². The van der Waals surface area contributed by atoms with Gasteiger partial charge in [0.1, 0.15) is 74.0 Å². The topological polar surface area (TPSA) is 261 Å². The van der Waals surface area contributed by atoms with Gasteiger partial charge in [-0.1, -0.05) is 6.92 Å². The molecule has 19 atom stereocenters. The predicted octanol–water partition coefficient (Wildman–Crippen LogP) is 1.85. The van der Waals surface area contributed by atoms with Gasteiger partial charge >= 0.3 is 22.8 Å². The van der Waals surface area contributed by atoms with Crippen molar-refractivity contribution >= 4 is 22.8 Å². The van der Waals surface area contributed by atoms with Crippen molar-refractivity contribution in [2.75, 3.05) is 73.9 Å². The van der Waals surface area contributed by atoms with E-state index in [0.29, 0.717) is 0 Å². The van der Waals surface area contributed by atoms with Gasteiger partial charge in [0, 0.05) is 41.0 Å². The van der Waals surface area contributed by atoms with Crippen molar-refractivity contribution < 1.29 is 99.2 Å². The molecule has 4 heterocycles. The standard InChI is InChI=1S/C33H63O21P3/c1-18-19(2)48-24(27(18)41-6)12-45-56(39,16-36)53-32-26(51-21(4)29(32)43-8)14-47-57(40,17-37)54-33-25(50-22(5)30(33)44-9)13-46-55(38,15-35)52-31-23(10-11-34)49-20(3)28(31)42-7/h18-37H,10-17H2,1-9H3/t18?,19-,20-,21-,22-,23+,24+,25+,26+,27+,28?,29?,30?,31-,32-,33-,55?,56?,57?/m0/s1. The van der Waals surface area contributed by atoms with Gasteiger partial charge in [0.05, 0.1) is 56.4 Å². The van der Waals surface area contributed by atoms with E-state index in [4.69, 9.17) is 65.0 Å². The van der Waals surface area contributed by atoms with E-state index < -0.39 is 134 Å². The molecule has 24 heteroatoms. The molecule has 4 aliphatic heterocycles. The van der Waals surface area contributed by atoms with Gasteiger partial charge in [0.25, 0.3) is 0 Å². The van der Waals surface area contributed by atoms with E-state index in [1.807, 2.05) is 13.8 Å². The van der Waals surface area contributed by atoms with E-state index in [-0.39, 0.29) is 37.8 Å². The molecule has 4 saturated heterocycles. The molecule has 4 aliphatic rings. The molecule has 7 unspecified atom stereocenters. The van der Waals surface area contributed by atoms with Crippen LogP contribution in [0.2, 0.25) is 0 Å². The zero-order chi connectivity index (χ0) is 42.3. The second kappa shape index (κ2) is 21.9. The first-order valence-corrected chi connectivity index (χ1v) is 24.1. The molecule has 0 aliphatic carbocycles. The third-order valence-corrected chi connectivity index (χ3v) is 15.2. The highest BCUT2D eigenvalue weighted by Gasteiger charge is 2.52. The fraction of sp³-hybridized carbons (Fsp3) is 1.00. The molecule has 0 radical (unpaired) electrons. The maximum absolute atomic E-state index is 14.0. The Morgan fingerprint density at radius 1 is 0.439 bits per heavy atom. The number of hydrogen-bond donors (Lipinski definition) is 4. The van der Waals surface area contributed by atoms with E-state index in [9.17, 15) is 34.1 Å². The first kappa shape index (κ1) is 49.6. The van der Waals surface area contributed by atoms with E-state index in [2.05, 4.69) is 0 Å². The Balaban J connectivity index is 1.44. The second-order valence-corrected chi connectivity index (χ2v) is 20.5. The van der Waals surface area contributed by atoms with Crippen LogP contribution in [0.3, 0.4) is 0 Å². The van der Waals surface area contributed by atoms with Crippen molar-refractivity contribution in [2.24, 2.45) is 5.92 Å². The minimum atomic E-state index is -4.45. The maximum atomic E-state index is 14.0. The summed E-state index contributed by atoms with van der Waals surface area (Å²) >= 11 is 0. The molecule has 4 fully saturated rings. The van der Waals surface area contributed by atoms with Crippen LogP contribution in [-0.2, 0) is 78.7 Å². The SMILES string of the molecule is COC1[C@H](C)O[C@H](CCO)[C@@H]1OP(=O)(CO)OC[C@H]1O[C@@H](C)C(OC)[C@H]1OP(=O)(CO)OC[C@H]1O[C@@H](C)C(OC)[C@H]1OP(=O)(CO)OC[C@H]1O[C@@H](C)C(C)[C@H]1OC. The summed E-state index contributed by atoms with van der Waals surface area (Å²) in [6.07, 6.45) is -14.6. The van der Waals surface area contributed by atoms with Crippen LogP contribution >= 0.6 is 22.8 Å². The number of aliphatic hydroxyl groups is 4. The van der Waals surface area contributed by atoms with E-state index in [0.717, 1.165) is 0 Å². The molecule has 0 aromatic heterocycles. The molecule has 4 N–H and O–H groups in total. The molecule has 0 saturated carbocycles. The zero-order valence-electron chi connectivity index (χ0n) is 34.0. The molecular weight excluding hydrogens is 825 g/mol. The maximum Gasteiger partial charge on any atom is 0.356 e. The first-order valence-electron chi connectivity index (χ1n) is 18.9. The van der Waals surface area contributed by atoms with Crippen LogP contribution in [0.4, 0.5) is 0 Å². The highest BCUT2D eigenvalue weighted by atomic mass is 31.2. The lowest BCUT2D eigenvalue weighted by Gasteiger charge is -2.30. The molecule has 336 valence electrons. The van der Waals surface area contributed by atoms with Gasteiger partial charge in [0.2, 0.25) is 0 Å². The Hall–Kier alpha value is -0.0300. The fourth-order valence-corrected chi connectivity index (χ4v) is 11.4. The fourth-order valence-electron chi connectivity index (χ4n) is 7.73. The van der Waals surface area contributed by atoms with Crippen LogP contribution in [0, 0.1) is 5.92 Å². The van der Waals surface area contributed by atoms with Crippen molar-refractivity contribution in [3.05, 3.63) is 0 Å². The smallest absolute Gasteiger partial charge is 0.356 e. The quantitative estimate of drug-likeness (QED) is 0.101. The predicted molar refractivity (Wildman–Crippen MR) is 198 cm³/mol. The summed E-state index contributed by atoms with van der Waals surface area (Å²) in [5.41, 5.74) is 0. The Morgan fingerprint density at radius 2 is 0.737 bits per heavy atom. The van der Waals surface area contributed by atoms with E-state index >= 15 is 0 Å². The molecule has 0 spiro atoms. The molecule has 0 bridgehead atoms. The summed E-state index contributed by atoms with van der Waals surface area (Å²) in [5.74, 6) is 0.0273. The average molecular weight is 889 g/mol. The summed E-state index contributed by atoms with van der Waals surface area (Å²) in [6.45, 7) is 7.38. The van der Waals surface area contributed by atoms with Gasteiger partial charge in [0.15, 0.2) is 0 Å². The summed E-state index contributed by atoms with van der Waals surface area (Å²) in [5, 5.41) is 40.2. The molecule has 0 amide bonds. The molecule has 21 nitrogen and oxygen atoms in total. The second-order valence-electron chi connectivity index (χ2n) is 14.5. The van der Waals surface area contributed by atoms with Gasteiger partial charge < -0.3 is 71.9 Å². The van der Waals surface area contributed by atoms with Crippen LogP contribution in [0.1, 0.15) is 41.0 Å². The summed E-state index contributed by atoms with van der Waals surface area (Å²) in [4.78, 5) is 0. The van der Waals surface area contributed by atoms with Crippen LogP contribution in [0.25, 0.3) is 0 Å². The van der Waals surface area contributed by atoms with Crippen LogP contribution < -0.4 is 0 Å². The summed E-state index contributed by atoms with van der Waals surface area (Å²) in [6, 6.07) is 0. The van der Waals surface area contributed by atoms with Gasteiger partial charge in [-0.15, -0.1) is 0 Å². The highest BCUT2D eigenvalue weighted by molar-refractivity contribution is 7.54. The molecule has 0 aromatic rings. The minimum absolute atomic E-state index is 0.0273. The van der Waals surface area contributed by atoms with Crippen molar-refractivity contribution in [3.63, 3.8) is 0 Å². The van der Waals surface area contributed by atoms with E-state index in [1.54, 1.807) is 20.8 Å². The van der Waals surface area contributed by atoms with Gasteiger partial charge in [-0.25, -0.2) is 0 Å². The molecular formula is C33H63O21P3. The zero-order valence-corrected chi connectivity index (χ0v) is 36.6. The Kier molecular flexibility index (Phi) is 19.0. The number of aliphatic hydroxyl groups excluding tert-OH is 4. The first-order chi connectivity index (χ1) is 27.0. The van der Waals surface area contributed by atoms with Crippen molar-refractivity contribution in [2.45, 2.75) is 133 Å². The van der Waals surface area contributed by atoms with Crippen LogP contribution in [0.15, 0.2) is 0 Å². The number of methoxy groups -OCH3 is 4. The molecule has 57 heavy (non-hydrogen) atoms. The third kappa shape index (κ3) is 11.9. The number of rotatable bonds is 24. The van der Waals surface area contributed by atoms with Crippen LogP contribution in [-0.4, -0.2) is 186 Å². The van der Waals surface area contributed by atoms with Crippen molar-refractivity contribution in [1.82, 2.24) is 0 Å². The lowest BCUT2D eigenvalue weighted by molar-refractivity contribution is -0.0422. The van der Waals surface area contributed by atoms with E-state index in [1.165, 1.54) is 28.4 Å². The van der Waals surface area contributed by atoms with Gasteiger partial charge in [-0.3, -0.25) is 27.3 Å². The normalized spacial score (nSPS) is 41.6. The van der Waals surface area contributed by atoms with Crippen molar-refractivity contribution in [1.29, 1.82) is 0 Å². The lowest BCUT2D eigenvalue weighted by atomic mass is 9.99. The van der Waals surface area contributed by atoms with Gasteiger partial charge in [-0.05, 0) is 34.1 Å². The van der Waals surface area contributed by atoms with Crippen LogP contribution in [0.5, 0.6) is 0 Å². The van der Waals surface area contributed by atoms with Crippen molar-refractivity contribution in [3.8, 4) is 0 Å². The Morgan fingerprint density at radius 3 is 1.05 bits per heavy atom.